The van der Waals surface area contributed by atoms with E-state index in [0.717, 1.165) is 0 Å². The fourth-order valence-corrected chi connectivity index (χ4v) is 2.12. The highest BCUT2D eigenvalue weighted by molar-refractivity contribution is 5.32. The van der Waals surface area contributed by atoms with Crippen LogP contribution in [0.3, 0.4) is 0 Å². The molecule has 0 radical (unpaired) electrons. The Morgan fingerprint density at radius 2 is 1.69 bits per heavy atom. The number of hydrogen-bond donors (Lipinski definition) is 0. The minimum Gasteiger partial charge on any atom is -0.207 e. The molecule has 2 rings (SSSR count). The lowest BCUT2D eigenvalue weighted by atomic mass is 9.85. The molecular weight excluding hydrogens is 163 g/mol. The van der Waals surface area contributed by atoms with E-state index in [-0.39, 0.29) is 5.82 Å². The molecule has 0 amide bonds. The topological polar surface area (TPSA) is 0 Å². The first-order valence-electron chi connectivity index (χ1n) is 4.91. The maximum atomic E-state index is 12.7. The molecule has 1 saturated carbocycles. The van der Waals surface area contributed by atoms with Gasteiger partial charge in [-0.15, -0.1) is 0 Å². The zero-order valence-electron chi connectivity index (χ0n) is 8.18. The molecule has 0 atom stereocenters. The molecule has 0 spiro atoms. The van der Waals surface area contributed by atoms with Crippen molar-refractivity contribution in [2.24, 2.45) is 5.92 Å². The van der Waals surface area contributed by atoms with E-state index in [0.29, 0.717) is 11.3 Å². The zero-order valence-corrected chi connectivity index (χ0v) is 8.18. The molecule has 1 aliphatic rings. The predicted molar refractivity (Wildman–Crippen MR) is 52.2 cm³/mol. The quantitative estimate of drug-likeness (QED) is 0.650. The predicted octanol–water partition coefficient (Wildman–Crippen LogP) is 3.51. The highest BCUT2D eigenvalue weighted by Gasteiger charge is 2.46. The summed E-state index contributed by atoms with van der Waals surface area (Å²) < 4.78 is 12.7. The van der Waals surface area contributed by atoms with Crippen LogP contribution >= 0.6 is 0 Å². The van der Waals surface area contributed by atoms with Crippen molar-refractivity contribution >= 4 is 0 Å². The van der Waals surface area contributed by atoms with Crippen LogP contribution in [0.4, 0.5) is 4.39 Å². The van der Waals surface area contributed by atoms with Crippen molar-refractivity contribution in [3.05, 3.63) is 35.6 Å². The molecule has 0 N–H and O–H groups in total. The maximum absolute atomic E-state index is 12.7. The summed E-state index contributed by atoms with van der Waals surface area (Å²) in [6, 6.07) is 7.00. The lowest BCUT2D eigenvalue weighted by Crippen LogP contribution is -2.14. The minimum absolute atomic E-state index is 0.136. The Kier molecular flexibility index (Phi) is 1.90. The van der Waals surface area contributed by atoms with E-state index in [9.17, 15) is 4.39 Å². The summed E-state index contributed by atoms with van der Waals surface area (Å²) in [6.45, 7) is 4.49. The van der Waals surface area contributed by atoms with Gasteiger partial charge in [-0.05, 0) is 41.9 Å². The summed E-state index contributed by atoms with van der Waals surface area (Å²) in [4.78, 5) is 0. The second kappa shape index (κ2) is 2.83. The molecular formula is C12H15F. The summed E-state index contributed by atoms with van der Waals surface area (Å²) in [7, 11) is 0. The average Bonchev–Trinajstić information content (AvgIpc) is 2.86. The molecule has 1 aliphatic carbocycles. The van der Waals surface area contributed by atoms with Crippen LogP contribution in [-0.2, 0) is 5.41 Å². The third kappa shape index (κ3) is 1.37. The van der Waals surface area contributed by atoms with Gasteiger partial charge in [0, 0.05) is 0 Å². The Morgan fingerprint density at radius 1 is 1.15 bits per heavy atom. The Morgan fingerprint density at radius 3 is 2.08 bits per heavy atom. The Labute approximate surface area is 78.8 Å². The van der Waals surface area contributed by atoms with Gasteiger partial charge in [0.2, 0.25) is 0 Å². The summed E-state index contributed by atoms with van der Waals surface area (Å²) >= 11 is 0. The summed E-state index contributed by atoms with van der Waals surface area (Å²) in [5.74, 6) is 0.529. The summed E-state index contributed by atoms with van der Waals surface area (Å²) in [5, 5.41) is 0. The van der Waals surface area contributed by atoms with Crippen molar-refractivity contribution in [3.63, 3.8) is 0 Å². The number of halogens is 1. The molecule has 1 aromatic rings. The second-order valence-corrected chi connectivity index (χ2v) is 4.32. The first kappa shape index (κ1) is 8.74. The van der Waals surface area contributed by atoms with Gasteiger partial charge in [0.1, 0.15) is 5.82 Å². The van der Waals surface area contributed by atoms with Crippen LogP contribution < -0.4 is 0 Å². The molecule has 1 fully saturated rings. The number of benzene rings is 1. The van der Waals surface area contributed by atoms with E-state index in [4.69, 9.17) is 0 Å². The largest absolute Gasteiger partial charge is 0.207 e. The van der Waals surface area contributed by atoms with Gasteiger partial charge in [0.25, 0.3) is 0 Å². The van der Waals surface area contributed by atoms with Crippen molar-refractivity contribution in [1.82, 2.24) is 0 Å². The molecule has 0 heterocycles. The summed E-state index contributed by atoms with van der Waals surface area (Å²) in [6.07, 6.45) is 2.52. The molecule has 1 heteroatoms. The number of hydrogen-bond acceptors (Lipinski definition) is 0. The van der Waals surface area contributed by atoms with Gasteiger partial charge in [0.05, 0.1) is 0 Å². The van der Waals surface area contributed by atoms with Crippen molar-refractivity contribution < 1.29 is 4.39 Å². The average molecular weight is 178 g/mol. The smallest absolute Gasteiger partial charge is 0.123 e. The van der Waals surface area contributed by atoms with E-state index >= 15 is 0 Å². The summed E-state index contributed by atoms with van der Waals surface area (Å²) in [5.41, 5.74) is 1.68. The highest BCUT2D eigenvalue weighted by Crippen LogP contribution is 2.53. The minimum atomic E-state index is -0.136. The van der Waals surface area contributed by atoms with Gasteiger partial charge in [-0.2, -0.15) is 0 Å². The maximum Gasteiger partial charge on any atom is 0.123 e. The van der Waals surface area contributed by atoms with Crippen LogP contribution in [0, 0.1) is 11.7 Å². The first-order valence-corrected chi connectivity index (χ1v) is 4.91. The highest BCUT2D eigenvalue weighted by atomic mass is 19.1. The van der Waals surface area contributed by atoms with Crippen LogP contribution in [0.25, 0.3) is 0 Å². The molecule has 0 unspecified atom stereocenters. The molecule has 0 bridgehead atoms. The lowest BCUT2D eigenvalue weighted by Gasteiger charge is -2.19. The monoisotopic (exact) mass is 178 g/mol. The second-order valence-electron chi connectivity index (χ2n) is 4.32. The van der Waals surface area contributed by atoms with Crippen molar-refractivity contribution in [1.29, 1.82) is 0 Å². The van der Waals surface area contributed by atoms with Crippen LogP contribution in [0.15, 0.2) is 24.3 Å². The van der Waals surface area contributed by atoms with E-state index < -0.39 is 0 Å². The fourth-order valence-electron chi connectivity index (χ4n) is 2.12. The normalized spacial score (nSPS) is 19.1. The molecule has 1 aromatic carbocycles. The van der Waals surface area contributed by atoms with Gasteiger partial charge in [-0.25, -0.2) is 4.39 Å². The van der Waals surface area contributed by atoms with E-state index in [1.54, 1.807) is 12.1 Å². The third-order valence-electron chi connectivity index (χ3n) is 3.31. The van der Waals surface area contributed by atoms with Crippen molar-refractivity contribution in [2.45, 2.75) is 32.1 Å². The van der Waals surface area contributed by atoms with Crippen molar-refractivity contribution in [2.75, 3.05) is 0 Å². The van der Waals surface area contributed by atoms with E-state index in [1.807, 2.05) is 12.1 Å². The van der Waals surface area contributed by atoms with Gasteiger partial charge in [-0.1, -0.05) is 26.0 Å². The lowest BCUT2D eigenvalue weighted by molar-refractivity contribution is 0.480. The van der Waals surface area contributed by atoms with Gasteiger partial charge in [0.15, 0.2) is 0 Å². The van der Waals surface area contributed by atoms with E-state index in [1.165, 1.54) is 18.4 Å². The molecule has 0 nitrogen and oxygen atoms in total. The standard InChI is InChI=1S/C12H15F/c1-9(2)12(7-8-12)10-3-5-11(13)6-4-10/h3-6,9H,7-8H2,1-2H3. The van der Waals surface area contributed by atoms with Gasteiger partial charge in [-0.3, -0.25) is 0 Å². The molecule has 0 aromatic heterocycles. The van der Waals surface area contributed by atoms with Gasteiger partial charge < -0.3 is 0 Å². The fraction of sp³-hybridized carbons (Fsp3) is 0.500. The van der Waals surface area contributed by atoms with Crippen LogP contribution in [0.2, 0.25) is 0 Å². The zero-order chi connectivity index (χ0) is 9.47. The molecule has 13 heavy (non-hydrogen) atoms. The van der Waals surface area contributed by atoms with E-state index in [2.05, 4.69) is 13.8 Å². The van der Waals surface area contributed by atoms with Crippen molar-refractivity contribution in [3.8, 4) is 0 Å². The van der Waals surface area contributed by atoms with Crippen LogP contribution in [-0.4, -0.2) is 0 Å². The molecule has 0 aliphatic heterocycles. The Bertz CT molecular complexity index is 293. The van der Waals surface area contributed by atoms with Gasteiger partial charge >= 0.3 is 0 Å². The SMILES string of the molecule is CC(C)C1(c2ccc(F)cc2)CC1. The molecule has 0 saturated heterocycles. The Hall–Kier alpha value is -0.850. The molecule has 70 valence electrons. The Balaban J connectivity index is 2.31. The number of rotatable bonds is 2. The van der Waals surface area contributed by atoms with Crippen LogP contribution in [0.5, 0.6) is 0 Å². The van der Waals surface area contributed by atoms with Crippen LogP contribution in [0.1, 0.15) is 32.3 Å². The first-order chi connectivity index (χ1) is 6.15. The third-order valence-corrected chi connectivity index (χ3v) is 3.31.